The maximum absolute atomic E-state index is 15.4. The van der Waals surface area contributed by atoms with E-state index < -0.39 is 68.7 Å². The highest BCUT2D eigenvalue weighted by Crippen LogP contribution is 2.41. The van der Waals surface area contributed by atoms with Crippen LogP contribution in [0.5, 0.6) is 11.6 Å². The van der Waals surface area contributed by atoms with E-state index in [1.54, 1.807) is 0 Å². The Morgan fingerprint density at radius 3 is 2.52 bits per heavy atom. The Morgan fingerprint density at radius 2 is 1.83 bits per heavy atom. The summed E-state index contributed by atoms with van der Waals surface area (Å²) in [4.78, 5) is 24.6. The lowest BCUT2D eigenvalue weighted by Crippen LogP contribution is -2.49. The highest BCUT2D eigenvalue weighted by Gasteiger charge is 2.33. The molecule has 1 aliphatic rings. The van der Waals surface area contributed by atoms with Gasteiger partial charge in [0, 0.05) is 42.5 Å². The van der Waals surface area contributed by atoms with Gasteiger partial charge in [0.15, 0.2) is 17.4 Å². The average molecular weight is 685 g/mol. The van der Waals surface area contributed by atoms with Gasteiger partial charge in [0.05, 0.1) is 29.7 Å². The number of pyridine rings is 1. The molecule has 1 aliphatic heterocycles. The molecule has 18 heteroatoms. The Labute approximate surface area is 263 Å². The molecule has 2 atom stereocenters. The number of ether oxygens (including phenoxy) is 1. The number of sulfonamides is 1. The van der Waals surface area contributed by atoms with Gasteiger partial charge in [-0.2, -0.15) is 4.39 Å². The molecule has 0 unspecified atom stereocenters. The van der Waals surface area contributed by atoms with Crippen molar-refractivity contribution >= 4 is 45.0 Å². The number of hydrogen-bond donors (Lipinski definition) is 2. The number of hydrogen-bond acceptors (Lipinski definition) is 8. The van der Waals surface area contributed by atoms with Gasteiger partial charge in [-0.3, -0.25) is 0 Å². The molecule has 2 N–H and O–H groups in total. The Kier molecular flexibility index (Phi) is 9.16. The lowest BCUT2D eigenvalue weighted by molar-refractivity contribution is 0.102. The molecule has 1 saturated heterocycles. The summed E-state index contributed by atoms with van der Waals surface area (Å²) in [5.41, 5.74) is -2.02. The van der Waals surface area contributed by atoms with Crippen molar-refractivity contribution in [2.75, 3.05) is 29.0 Å². The van der Waals surface area contributed by atoms with Gasteiger partial charge in [-0.05, 0) is 36.4 Å². The van der Waals surface area contributed by atoms with Crippen molar-refractivity contribution in [1.29, 1.82) is 0 Å². The maximum Gasteiger partial charge on any atom is 0.407 e. The number of carbonyl (C=O) groups is 1. The number of piperidine rings is 1. The van der Waals surface area contributed by atoms with E-state index in [9.17, 15) is 27.1 Å². The highest BCUT2D eigenvalue weighted by atomic mass is 35.5. The van der Waals surface area contributed by atoms with Crippen molar-refractivity contribution in [3.63, 3.8) is 0 Å². The van der Waals surface area contributed by atoms with Crippen LogP contribution in [0.1, 0.15) is 6.42 Å². The van der Waals surface area contributed by atoms with Crippen LogP contribution >= 0.6 is 11.6 Å². The number of anilines is 3. The molecule has 2 aromatic carbocycles. The number of aromatic nitrogens is 3. The third-order valence-electron chi connectivity index (χ3n) is 6.68. The largest absolute Gasteiger partial charge is 0.465 e. The van der Waals surface area contributed by atoms with Crippen molar-refractivity contribution in [3.05, 3.63) is 83.1 Å². The number of alkyl halides is 1. The second-order valence-electron chi connectivity index (χ2n) is 10.0. The fourth-order valence-electron chi connectivity index (χ4n) is 4.77. The van der Waals surface area contributed by atoms with Gasteiger partial charge in [-0.15, -0.1) is 0 Å². The number of halogens is 6. The van der Waals surface area contributed by atoms with Crippen LogP contribution in [0.2, 0.25) is 5.02 Å². The van der Waals surface area contributed by atoms with E-state index >= 15 is 13.2 Å². The standard InChI is InChI=1S/C28H22ClF5N6O5S/c1-46(43,44)40(21-5-4-14(29)9-18(21)31)25-19(32)11-22(23(33)24(25)34)45-26-17(3-2-7-35-26)20-6-8-36-27(38-20)37-16-10-15(30)12-39(13-16)28(41)42/h2-9,11,15-16H,10,12-13H2,1H3,(H,41,42)(H,36,37,38)/t15-,16-/m0/s1. The molecule has 1 fully saturated rings. The normalized spacial score (nSPS) is 16.6. The molecule has 5 rings (SSSR count). The second kappa shape index (κ2) is 12.9. The minimum absolute atomic E-state index is 0.00750. The Hall–Kier alpha value is -4.77. The van der Waals surface area contributed by atoms with Gasteiger partial charge >= 0.3 is 6.09 Å². The van der Waals surface area contributed by atoms with Crippen LogP contribution in [0, 0.1) is 23.3 Å². The quantitative estimate of drug-likeness (QED) is 0.166. The topological polar surface area (TPSA) is 138 Å². The predicted octanol–water partition coefficient (Wildman–Crippen LogP) is 6.14. The highest BCUT2D eigenvalue weighted by molar-refractivity contribution is 7.92. The number of carboxylic acid groups (broad SMARTS) is 1. The zero-order valence-corrected chi connectivity index (χ0v) is 25.0. The minimum atomic E-state index is -4.63. The summed E-state index contributed by atoms with van der Waals surface area (Å²) >= 11 is 5.71. The van der Waals surface area contributed by atoms with Crippen molar-refractivity contribution in [3.8, 4) is 22.9 Å². The summed E-state index contributed by atoms with van der Waals surface area (Å²) in [6.45, 7) is -0.299. The predicted molar refractivity (Wildman–Crippen MR) is 157 cm³/mol. The van der Waals surface area contributed by atoms with Crippen LogP contribution in [-0.4, -0.2) is 71.0 Å². The molecule has 0 aliphatic carbocycles. The Morgan fingerprint density at radius 1 is 1.07 bits per heavy atom. The first-order valence-electron chi connectivity index (χ1n) is 13.2. The van der Waals surface area contributed by atoms with Gasteiger partial charge in [-0.25, -0.2) is 50.0 Å². The van der Waals surface area contributed by atoms with Gasteiger partial charge in [0.25, 0.3) is 0 Å². The smallest absolute Gasteiger partial charge is 0.407 e. The van der Waals surface area contributed by atoms with Gasteiger partial charge in [0.2, 0.25) is 27.7 Å². The molecule has 4 aromatic rings. The lowest BCUT2D eigenvalue weighted by atomic mass is 10.0. The number of benzene rings is 2. The summed E-state index contributed by atoms with van der Waals surface area (Å²) in [6, 6.07) is 6.67. The zero-order chi connectivity index (χ0) is 33.3. The van der Waals surface area contributed by atoms with E-state index in [1.165, 1.54) is 30.6 Å². The van der Waals surface area contributed by atoms with Crippen LogP contribution in [0.25, 0.3) is 11.3 Å². The third-order valence-corrected chi connectivity index (χ3v) is 7.95. The van der Waals surface area contributed by atoms with Crippen molar-refractivity contribution < 1.29 is 45.0 Å². The molecular weight excluding hydrogens is 663 g/mol. The fraction of sp³-hybridized carbons (Fsp3) is 0.214. The molecule has 0 spiro atoms. The van der Waals surface area contributed by atoms with E-state index in [1.807, 2.05) is 0 Å². The fourth-order valence-corrected chi connectivity index (χ4v) is 5.93. The molecule has 3 heterocycles. The first-order valence-corrected chi connectivity index (χ1v) is 15.4. The first-order chi connectivity index (χ1) is 21.7. The monoisotopic (exact) mass is 684 g/mol. The minimum Gasteiger partial charge on any atom is -0.465 e. The van der Waals surface area contributed by atoms with Crippen LogP contribution in [0.15, 0.2) is 54.9 Å². The first kappa shape index (κ1) is 32.6. The van der Waals surface area contributed by atoms with Crippen LogP contribution < -0.4 is 14.4 Å². The number of likely N-dealkylation sites (tertiary alicyclic amines) is 1. The van der Waals surface area contributed by atoms with Crippen LogP contribution in [-0.2, 0) is 10.0 Å². The molecule has 242 valence electrons. The van der Waals surface area contributed by atoms with Gasteiger partial charge in [-0.1, -0.05) is 11.6 Å². The molecule has 1 amide bonds. The van der Waals surface area contributed by atoms with E-state index in [-0.39, 0.29) is 51.9 Å². The number of nitrogens with zero attached hydrogens (tertiary/aromatic N) is 5. The van der Waals surface area contributed by atoms with E-state index in [0.29, 0.717) is 18.4 Å². The van der Waals surface area contributed by atoms with Crippen molar-refractivity contribution in [2.45, 2.75) is 18.6 Å². The number of amides is 1. The molecule has 0 saturated carbocycles. The van der Waals surface area contributed by atoms with Crippen LogP contribution in [0.3, 0.4) is 0 Å². The molecular formula is C28H22ClF5N6O5S. The van der Waals surface area contributed by atoms with Gasteiger partial charge in [0.1, 0.15) is 17.7 Å². The zero-order valence-electron chi connectivity index (χ0n) is 23.5. The van der Waals surface area contributed by atoms with Crippen molar-refractivity contribution in [1.82, 2.24) is 19.9 Å². The number of nitrogens with one attached hydrogen (secondary N) is 1. The average Bonchev–Trinajstić information content (AvgIpc) is 2.98. The second-order valence-corrected chi connectivity index (χ2v) is 12.3. The van der Waals surface area contributed by atoms with E-state index in [4.69, 9.17) is 16.3 Å². The SMILES string of the molecule is CS(=O)(=O)N(c1ccc(Cl)cc1F)c1c(F)cc(Oc2ncccc2-c2ccnc(N[C@H]3C[C@H](F)CN(C(=O)O)C3)n2)c(F)c1F. The summed E-state index contributed by atoms with van der Waals surface area (Å²) in [5, 5.41) is 12.0. The van der Waals surface area contributed by atoms with Crippen LogP contribution in [0.4, 0.5) is 44.1 Å². The van der Waals surface area contributed by atoms with Crippen molar-refractivity contribution in [2.24, 2.45) is 0 Å². The Bertz CT molecular complexity index is 1920. The summed E-state index contributed by atoms with van der Waals surface area (Å²) in [7, 11) is -4.63. The molecule has 0 radical (unpaired) electrons. The molecule has 46 heavy (non-hydrogen) atoms. The molecule has 2 aromatic heterocycles. The van der Waals surface area contributed by atoms with E-state index in [0.717, 1.165) is 17.0 Å². The summed E-state index contributed by atoms with van der Waals surface area (Å²) in [5.74, 6) is -8.10. The lowest BCUT2D eigenvalue weighted by Gasteiger charge is -2.33. The summed E-state index contributed by atoms with van der Waals surface area (Å²) in [6.07, 6.45) is 0.384. The number of rotatable bonds is 8. The molecule has 0 bridgehead atoms. The Balaban J connectivity index is 1.47. The maximum atomic E-state index is 15.4. The van der Waals surface area contributed by atoms with E-state index in [2.05, 4.69) is 20.3 Å². The molecule has 11 nitrogen and oxygen atoms in total. The van der Waals surface area contributed by atoms with Gasteiger partial charge < -0.3 is 20.1 Å². The summed E-state index contributed by atoms with van der Waals surface area (Å²) < 4.78 is 106. The third kappa shape index (κ3) is 6.89.